The highest BCUT2D eigenvalue weighted by Gasteiger charge is 1.99. The van der Waals surface area contributed by atoms with Crippen molar-refractivity contribution in [1.29, 1.82) is 0 Å². The van der Waals surface area contributed by atoms with Gasteiger partial charge in [-0.1, -0.05) is 48.5 Å². The van der Waals surface area contributed by atoms with E-state index in [0.717, 1.165) is 29.8 Å². The summed E-state index contributed by atoms with van der Waals surface area (Å²) in [5, 5.41) is 5.24. The van der Waals surface area contributed by atoms with E-state index in [4.69, 9.17) is 10.5 Å². The summed E-state index contributed by atoms with van der Waals surface area (Å²) >= 11 is 1.75. The second kappa shape index (κ2) is 11.6. The van der Waals surface area contributed by atoms with E-state index in [9.17, 15) is 0 Å². The molecule has 3 N–H and O–H groups in total. The second-order valence-corrected chi connectivity index (χ2v) is 6.91. The summed E-state index contributed by atoms with van der Waals surface area (Å²) in [5.41, 5.74) is 8.16. The smallest absolute Gasteiger partial charge is 0.188 e. The zero-order valence-corrected chi connectivity index (χ0v) is 18.2. The fourth-order valence-corrected chi connectivity index (χ4v) is 3.18. The van der Waals surface area contributed by atoms with Gasteiger partial charge in [-0.3, -0.25) is 0 Å². The van der Waals surface area contributed by atoms with Gasteiger partial charge in [-0.15, -0.1) is 35.3 Å². The molecule has 0 atom stereocenters. The largest absolute Gasteiger partial charge is 0.489 e. The first-order valence-corrected chi connectivity index (χ1v) is 9.49. The summed E-state index contributed by atoms with van der Waals surface area (Å²) in [6.07, 6.45) is 0.955. The number of nitrogens with two attached hydrogens (primary N) is 1. The number of nitrogens with zero attached hydrogens (tertiary/aromatic N) is 1. The molecular formula is C21H24IN3OS. The van der Waals surface area contributed by atoms with Gasteiger partial charge in [0, 0.05) is 11.4 Å². The molecule has 0 spiro atoms. The van der Waals surface area contributed by atoms with E-state index in [-0.39, 0.29) is 24.0 Å². The van der Waals surface area contributed by atoms with Crippen molar-refractivity contribution in [2.75, 3.05) is 6.54 Å². The number of halogens is 1. The molecule has 0 radical (unpaired) electrons. The molecule has 3 aromatic rings. The minimum Gasteiger partial charge on any atom is -0.489 e. The highest BCUT2D eigenvalue weighted by atomic mass is 127. The van der Waals surface area contributed by atoms with Gasteiger partial charge in [0.2, 0.25) is 0 Å². The van der Waals surface area contributed by atoms with Crippen molar-refractivity contribution in [3.8, 4) is 5.75 Å². The van der Waals surface area contributed by atoms with Crippen LogP contribution in [0.15, 0.2) is 77.1 Å². The molecule has 0 saturated carbocycles. The molecule has 0 bridgehead atoms. The SMILES string of the molecule is I.NC(=NCc1cccc(OCc2ccccc2)c1)NCCc1cccs1. The first-order valence-electron chi connectivity index (χ1n) is 8.61. The summed E-state index contributed by atoms with van der Waals surface area (Å²) in [7, 11) is 0. The van der Waals surface area contributed by atoms with Gasteiger partial charge in [0.15, 0.2) is 5.96 Å². The van der Waals surface area contributed by atoms with E-state index < -0.39 is 0 Å². The highest BCUT2D eigenvalue weighted by Crippen LogP contribution is 2.16. The molecular weight excluding hydrogens is 469 g/mol. The van der Waals surface area contributed by atoms with Crippen LogP contribution >= 0.6 is 35.3 Å². The van der Waals surface area contributed by atoms with Gasteiger partial charge in [0.05, 0.1) is 6.54 Å². The normalized spacial score (nSPS) is 10.9. The molecule has 0 aliphatic rings. The van der Waals surface area contributed by atoms with Gasteiger partial charge < -0.3 is 15.8 Å². The number of guanidine groups is 1. The van der Waals surface area contributed by atoms with E-state index in [0.29, 0.717) is 19.1 Å². The Hall–Kier alpha value is -2.06. The van der Waals surface area contributed by atoms with Crippen LogP contribution in [0.4, 0.5) is 0 Å². The van der Waals surface area contributed by atoms with Crippen LogP contribution in [0.5, 0.6) is 5.75 Å². The molecule has 3 rings (SSSR count). The first kappa shape index (κ1) is 21.2. The molecule has 0 aliphatic heterocycles. The summed E-state index contributed by atoms with van der Waals surface area (Å²) in [6, 6.07) is 22.3. The predicted octanol–water partition coefficient (Wildman–Crippen LogP) is 4.59. The Kier molecular flexibility index (Phi) is 9.13. The Bertz CT molecular complexity index is 822. The topological polar surface area (TPSA) is 59.6 Å². The van der Waals surface area contributed by atoms with Crippen molar-refractivity contribution in [1.82, 2.24) is 5.32 Å². The van der Waals surface area contributed by atoms with E-state index in [1.54, 1.807) is 11.3 Å². The molecule has 1 heterocycles. The van der Waals surface area contributed by atoms with Gasteiger partial charge in [-0.2, -0.15) is 0 Å². The highest BCUT2D eigenvalue weighted by molar-refractivity contribution is 14.0. The molecule has 0 aliphatic carbocycles. The van der Waals surface area contributed by atoms with Crippen molar-refractivity contribution in [3.63, 3.8) is 0 Å². The molecule has 0 unspecified atom stereocenters. The first-order chi connectivity index (χ1) is 12.8. The standard InChI is InChI=1S/C21H23N3OS.HI/c22-21(23-12-11-20-10-5-13-26-20)24-15-18-8-4-9-19(14-18)25-16-17-6-2-1-3-7-17;/h1-10,13-14H,11-12,15-16H2,(H3,22,23,24);1H. The Morgan fingerprint density at radius 2 is 1.81 bits per heavy atom. The van der Waals surface area contributed by atoms with Crippen molar-refractivity contribution in [2.24, 2.45) is 10.7 Å². The van der Waals surface area contributed by atoms with Gasteiger partial charge >= 0.3 is 0 Å². The third kappa shape index (κ3) is 7.60. The fraction of sp³-hybridized carbons (Fsp3) is 0.190. The number of rotatable bonds is 8. The average molecular weight is 493 g/mol. The lowest BCUT2D eigenvalue weighted by Gasteiger charge is -2.08. The lowest BCUT2D eigenvalue weighted by Crippen LogP contribution is -2.33. The zero-order valence-electron chi connectivity index (χ0n) is 15.0. The maximum atomic E-state index is 5.94. The Morgan fingerprint density at radius 3 is 2.59 bits per heavy atom. The molecule has 1 aromatic heterocycles. The summed E-state index contributed by atoms with van der Waals surface area (Å²) in [4.78, 5) is 5.75. The van der Waals surface area contributed by atoms with E-state index >= 15 is 0 Å². The van der Waals surface area contributed by atoms with Crippen LogP contribution < -0.4 is 15.8 Å². The molecule has 0 fully saturated rings. The molecule has 142 valence electrons. The lowest BCUT2D eigenvalue weighted by atomic mass is 10.2. The van der Waals surface area contributed by atoms with Crippen LogP contribution in [-0.4, -0.2) is 12.5 Å². The van der Waals surface area contributed by atoms with Crippen LogP contribution in [-0.2, 0) is 19.6 Å². The predicted molar refractivity (Wildman–Crippen MR) is 124 cm³/mol. The van der Waals surface area contributed by atoms with E-state index in [2.05, 4.69) is 40.0 Å². The van der Waals surface area contributed by atoms with E-state index in [1.165, 1.54) is 4.88 Å². The Labute approximate surface area is 181 Å². The number of thiophene rings is 1. The summed E-state index contributed by atoms with van der Waals surface area (Å²) in [5.74, 6) is 1.31. The fourth-order valence-electron chi connectivity index (χ4n) is 2.48. The number of ether oxygens (including phenoxy) is 1. The molecule has 6 heteroatoms. The van der Waals surface area contributed by atoms with Crippen LogP contribution in [0.3, 0.4) is 0 Å². The summed E-state index contributed by atoms with van der Waals surface area (Å²) < 4.78 is 5.85. The molecule has 0 amide bonds. The Morgan fingerprint density at radius 1 is 1.00 bits per heavy atom. The van der Waals surface area contributed by atoms with Gasteiger partial charge in [0.1, 0.15) is 12.4 Å². The number of nitrogens with one attached hydrogen (secondary N) is 1. The quantitative estimate of drug-likeness (QED) is 0.274. The number of benzene rings is 2. The van der Waals surface area contributed by atoms with Crippen molar-refractivity contribution in [2.45, 2.75) is 19.6 Å². The zero-order chi connectivity index (χ0) is 18.0. The minimum absolute atomic E-state index is 0. The van der Waals surface area contributed by atoms with Gasteiger partial charge in [-0.05, 0) is 41.1 Å². The van der Waals surface area contributed by atoms with Crippen molar-refractivity contribution in [3.05, 3.63) is 88.1 Å². The monoisotopic (exact) mass is 493 g/mol. The molecule has 0 saturated heterocycles. The van der Waals surface area contributed by atoms with Gasteiger partial charge in [0.25, 0.3) is 0 Å². The number of hydrogen-bond acceptors (Lipinski definition) is 3. The van der Waals surface area contributed by atoms with Crippen LogP contribution in [0.1, 0.15) is 16.0 Å². The number of hydrogen-bond donors (Lipinski definition) is 2. The van der Waals surface area contributed by atoms with E-state index in [1.807, 2.05) is 42.5 Å². The second-order valence-electron chi connectivity index (χ2n) is 5.88. The van der Waals surface area contributed by atoms with Crippen molar-refractivity contribution >= 4 is 41.3 Å². The molecule has 2 aromatic carbocycles. The third-order valence-corrected chi connectivity index (χ3v) is 4.77. The number of aliphatic imine (C=N–C) groups is 1. The van der Waals surface area contributed by atoms with Crippen LogP contribution in [0.2, 0.25) is 0 Å². The third-order valence-electron chi connectivity index (χ3n) is 3.84. The van der Waals surface area contributed by atoms with Crippen molar-refractivity contribution < 1.29 is 4.74 Å². The molecule has 27 heavy (non-hydrogen) atoms. The maximum Gasteiger partial charge on any atom is 0.188 e. The Balaban J connectivity index is 0.00000261. The lowest BCUT2D eigenvalue weighted by molar-refractivity contribution is 0.306. The van der Waals surface area contributed by atoms with Gasteiger partial charge in [-0.25, -0.2) is 4.99 Å². The average Bonchev–Trinajstić information content (AvgIpc) is 3.19. The summed E-state index contributed by atoms with van der Waals surface area (Å²) in [6.45, 7) is 1.87. The molecule has 4 nitrogen and oxygen atoms in total. The minimum atomic E-state index is 0. The van der Waals surface area contributed by atoms with Crippen LogP contribution in [0.25, 0.3) is 0 Å². The maximum absolute atomic E-state index is 5.94. The van der Waals surface area contributed by atoms with Crippen LogP contribution in [0, 0.1) is 0 Å².